The molecule has 1 aromatic rings. The van der Waals surface area contributed by atoms with Crippen LogP contribution in [0, 0.1) is 5.92 Å². The van der Waals surface area contributed by atoms with Crippen molar-refractivity contribution in [1.29, 1.82) is 0 Å². The van der Waals surface area contributed by atoms with Gasteiger partial charge in [-0.1, -0.05) is 13.3 Å². The topological polar surface area (TPSA) is 58.1 Å². The maximum atomic E-state index is 12.3. The Hall–Kier alpha value is -1.65. The lowest BCUT2D eigenvalue weighted by molar-refractivity contribution is 0.0779. The second-order valence-electron chi connectivity index (χ2n) is 5.03. The van der Waals surface area contributed by atoms with Gasteiger partial charge in [-0.2, -0.15) is 0 Å². The van der Waals surface area contributed by atoms with Crippen molar-refractivity contribution in [2.45, 2.75) is 33.1 Å². The normalized spacial score (nSPS) is 18.6. The molecule has 1 fully saturated rings. The third-order valence-corrected chi connectivity index (χ3v) is 3.51. The van der Waals surface area contributed by atoms with E-state index in [1.807, 2.05) is 17.9 Å². The number of aromatic nitrogens is 2. The molecule has 0 aromatic carbocycles. The first kappa shape index (κ1) is 13.8. The van der Waals surface area contributed by atoms with E-state index in [1.54, 1.807) is 6.07 Å². The van der Waals surface area contributed by atoms with Crippen LogP contribution >= 0.6 is 0 Å². The molecule has 5 heteroatoms. The Balaban J connectivity index is 1.96. The number of carbonyl (C=O) groups excluding carboxylic acids is 1. The maximum Gasteiger partial charge on any atom is 0.274 e. The fraction of sp³-hybridized carbons (Fsp3) is 0.643. The summed E-state index contributed by atoms with van der Waals surface area (Å²) in [6.45, 7) is 6.70. The van der Waals surface area contributed by atoms with E-state index >= 15 is 0 Å². The third kappa shape index (κ3) is 3.43. The Morgan fingerprint density at radius 3 is 2.89 bits per heavy atom. The largest absolute Gasteiger partial charge is 0.369 e. The smallest absolute Gasteiger partial charge is 0.274 e. The van der Waals surface area contributed by atoms with E-state index in [2.05, 4.69) is 22.4 Å². The van der Waals surface area contributed by atoms with Crippen molar-refractivity contribution >= 4 is 11.7 Å². The van der Waals surface area contributed by atoms with Crippen LogP contribution in [0.1, 0.15) is 43.6 Å². The first-order chi connectivity index (χ1) is 9.24. The molecule has 1 aliphatic rings. The van der Waals surface area contributed by atoms with Gasteiger partial charge in [-0.05, 0) is 37.8 Å². The van der Waals surface area contributed by atoms with Crippen LogP contribution in [0.5, 0.6) is 0 Å². The summed E-state index contributed by atoms with van der Waals surface area (Å²) < 4.78 is 0. The summed E-state index contributed by atoms with van der Waals surface area (Å²) >= 11 is 0. The zero-order valence-electron chi connectivity index (χ0n) is 11.7. The molecule has 1 atom stereocenters. The highest BCUT2D eigenvalue weighted by atomic mass is 16.2. The lowest BCUT2D eigenvalue weighted by Gasteiger charge is -2.15. The lowest BCUT2D eigenvalue weighted by atomic mass is 10.0. The van der Waals surface area contributed by atoms with E-state index in [4.69, 9.17) is 0 Å². The van der Waals surface area contributed by atoms with Crippen molar-refractivity contribution in [1.82, 2.24) is 15.1 Å². The van der Waals surface area contributed by atoms with E-state index in [1.165, 1.54) is 12.8 Å². The molecule has 2 rings (SSSR count). The number of nitrogens with zero attached hydrogens (tertiary/aromatic N) is 3. The minimum atomic E-state index is 0.00847. The summed E-state index contributed by atoms with van der Waals surface area (Å²) in [6, 6.07) is 3.56. The van der Waals surface area contributed by atoms with Crippen LogP contribution in [0.4, 0.5) is 5.82 Å². The highest BCUT2D eigenvalue weighted by Crippen LogP contribution is 2.22. The van der Waals surface area contributed by atoms with E-state index in [-0.39, 0.29) is 5.91 Å². The predicted octanol–water partition coefficient (Wildman–Crippen LogP) is 2.17. The van der Waals surface area contributed by atoms with Crippen LogP contribution in [-0.4, -0.2) is 40.6 Å². The number of likely N-dealkylation sites (tertiary alicyclic amines) is 1. The van der Waals surface area contributed by atoms with Crippen LogP contribution in [0.2, 0.25) is 0 Å². The Morgan fingerprint density at radius 2 is 2.26 bits per heavy atom. The van der Waals surface area contributed by atoms with Gasteiger partial charge in [0.2, 0.25) is 0 Å². The second-order valence-corrected chi connectivity index (χ2v) is 5.03. The quantitative estimate of drug-likeness (QED) is 0.883. The van der Waals surface area contributed by atoms with Crippen molar-refractivity contribution in [3.8, 4) is 0 Å². The SMILES string of the molecule is CCCC1CCN(C(=O)c2ccc(NCC)nn2)C1. The zero-order chi connectivity index (χ0) is 13.7. The van der Waals surface area contributed by atoms with Gasteiger partial charge in [-0.3, -0.25) is 4.79 Å². The highest BCUT2D eigenvalue weighted by molar-refractivity contribution is 5.92. The van der Waals surface area contributed by atoms with Gasteiger partial charge in [0.15, 0.2) is 5.69 Å². The van der Waals surface area contributed by atoms with Crippen molar-refractivity contribution in [3.05, 3.63) is 17.8 Å². The Morgan fingerprint density at radius 1 is 1.42 bits per heavy atom. The average Bonchev–Trinajstić information content (AvgIpc) is 2.88. The van der Waals surface area contributed by atoms with E-state index in [0.717, 1.165) is 26.1 Å². The highest BCUT2D eigenvalue weighted by Gasteiger charge is 2.27. The lowest BCUT2D eigenvalue weighted by Crippen LogP contribution is -2.29. The first-order valence-corrected chi connectivity index (χ1v) is 7.11. The van der Waals surface area contributed by atoms with E-state index < -0.39 is 0 Å². The first-order valence-electron chi connectivity index (χ1n) is 7.11. The monoisotopic (exact) mass is 262 g/mol. The van der Waals surface area contributed by atoms with Gasteiger partial charge >= 0.3 is 0 Å². The number of hydrogen-bond donors (Lipinski definition) is 1. The van der Waals surface area contributed by atoms with Gasteiger partial charge in [-0.25, -0.2) is 0 Å². The summed E-state index contributed by atoms with van der Waals surface area (Å²) in [4.78, 5) is 14.2. The Labute approximate surface area is 114 Å². The molecular weight excluding hydrogens is 240 g/mol. The van der Waals surface area contributed by atoms with Crippen molar-refractivity contribution in [3.63, 3.8) is 0 Å². The summed E-state index contributed by atoms with van der Waals surface area (Å²) in [5.74, 6) is 1.38. The van der Waals surface area contributed by atoms with Crippen molar-refractivity contribution in [2.24, 2.45) is 5.92 Å². The molecule has 1 aliphatic heterocycles. The van der Waals surface area contributed by atoms with Gasteiger partial charge in [0.25, 0.3) is 5.91 Å². The summed E-state index contributed by atoms with van der Waals surface area (Å²) in [7, 11) is 0. The maximum absolute atomic E-state index is 12.3. The van der Waals surface area contributed by atoms with Gasteiger partial charge in [0, 0.05) is 19.6 Å². The molecule has 1 aromatic heterocycles. The van der Waals surface area contributed by atoms with Crippen molar-refractivity contribution < 1.29 is 4.79 Å². The zero-order valence-corrected chi connectivity index (χ0v) is 11.7. The van der Waals surface area contributed by atoms with Gasteiger partial charge in [0.1, 0.15) is 5.82 Å². The molecule has 0 bridgehead atoms. The molecule has 5 nitrogen and oxygen atoms in total. The molecule has 0 spiro atoms. The standard InChI is InChI=1S/C14H22N4O/c1-3-5-11-8-9-18(10-11)14(19)12-6-7-13(15-4-2)17-16-12/h6-7,11H,3-5,8-10H2,1-2H3,(H,15,17). The number of anilines is 1. The molecule has 19 heavy (non-hydrogen) atoms. The summed E-state index contributed by atoms with van der Waals surface area (Å²) in [5, 5.41) is 11.1. The minimum Gasteiger partial charge on any atom is -0.369 e. The van der Waals surface area contributed by atoms with Crippen LogP contribution in [-0.2, 0) is 0 Å². The summed E-state index contributed by atoms with van der Waals surface area (Å²) in [6.07, 6.45) is 3.50. The minimum absolute atomic E-state index is 0.00847. The summed E-state index contributed by atoms with van der Waals surface area (Å²) in [5.41, 5.74) is 0.443. The number of hydrogen-bond acceptors (Lipinski definition) is 4. The van der Waals surface area contributed by atoms with Gasteiger partial charge in [0.05, 0.1) is 0 Å². The molecular formula is C14H22N4O. The molecule has 0 saturated carbocycles. The molecule has 0 radical (unpaired) electrons. The Bertz CT molecular complexity index is 418. The van der Waals surface area contributed by atoms with Gasteiger partial charge in [-0.15, -0.1) is 10.2 Å². The van der Waals surface area contributed by atoms with Crippen LogP contribution in [0.15, 0.2) is 12.1 Å². The average molecular weight is 262 g/mol. The molecule has 1 unspecified atom stereocenters. The number of carbonyl (C=O) groups is 1. The molecule has 2 heterocycles. The van der Waals surface area contributed by atoms with E-state index in [9.17, 15) is 4.79 Å². The Kier molecular flexibility index (Phi) is 4.71. The number of rotatable bonds is 5. The number of nitrogens with one attached hydrogen (secondary N) is 1. The van der Waals surface area contributed by atoms with Gasteiger partial charge < -0.3 is 10.2 Å². The molecule has 0 aliphatic carbocycles. The fourth-order valence-corrected chi connectivity index (χ4v) is 2.54. The third-order valence-electron chi connectivity index (χ3n) is 3.51. The molecule has 104 valence electrons. The fourth-order valence-electron chi connectivity index (χ4n) is 2.54. The van der Waals surface area contributed by atoms with E-state index in [0.29, 0.717) is 17.4 Å². The van der Waals surface area contributed by atoms with Crippen LogP contribution in [0.3, 0.4) is 0 Å². The predicted molar refractivity (Wildman–Crippen MR) is 75.1 cm³/mol. The molecule has 1 N–H and O–H groups in total. The van der Waals surface area contributed by atoms with Crippen LogP contribution in [0.25, 0.3) is 0 Å². The van der Waals surface area contributed by atoms with Crippen molar-refractivity contribution in [2.75, 3.05) is 25.0 Å². The second kappa shape index (κ2) is 6.50. The number of amides is 1. The molecule has 1 amide bonds. The van der Waals surface area contributed by atoms with Crippen LogP contribution < -0.4 is 5.32 Å². The molecule has 1 saturated heterocycles.